The zero-order valence-corrected chi connectivity index (χ0v) is 12.8. The van der Waals surface area contributed by atoms with Gasteiger partial charge in [-0.3, -0.25) is 9.59 Å². The first-order valence-electron chi connectivity index (χ1n) is 7.37. The summed E-state index contributed by atoms with van der Waals surface area (Å²) < 4.78 is 20.8. The Morgan fingerprint density at radius 3 is 1.41 bits per heavy atom. The van der Waals surface area contributed by atoms with Gasteiger partial charge in [-0.25, -0.2) is 0 Å². The smallest absolute Gasteiger partial charge is 0.305 e. The highest BCUT2D eigenvalue weighted by Crippen LogP contribution is 1.95. The number of hydrogen-bond acceptors (Lipinski definition) is 6. The molecule has 0 aromatic rings. The molecule has 0 unspecified atom stereocenters. The van der Waals surface area contributed by atoms with E-state index in [1.165, 1.54) is 0 Å². The Bertz CT molecular complexity index is 254. The van der Waals surface area contributed by atoms with Gasteiger partial charge in [-0.05, 0) is 12.8 Å². The van der Waals surface area contributed by atoms with E-state index in [-0.39, 0.29) is 19.4 Å². The highest BCUT2D eigenvalue weighted by molar-refractivity contribution is 5.66. The molecule has 2 N–H and O–H groups in total. The number of carboxylic acid groups (broad SMARTS) is 2. The van der Waals surface area contributed by atoms with Crippen LogP contribution in [0.5, 0.6) is 0 Å². The molecule has 0 heterocycles. The molecule has 0 amide bonds. The molecule has 22 heavy (non-hydrogen) atoms. The van der Waals surface area contributed by atoms with Gasteiger partial charge in [-0.15, -0.1) is 0 Å². The largest absolute Gasteiger partial charge is 0.481 e. The third kappa shape index (κ3) is 18.8. The van der Waals surface area contributed by atoms with E-state index in [0.29, 0.717) is 52.7 Å². The Kier molecular flexibility index (Phi) is 15.3. The minimum atomic E-state index is -0.876. The van der Waals surface area contributed by atoms with Crippen LogP contribution in [0.3, 0.4) is 0 Å². The number of carboxylic acids is 2. The van der Waals surface area contributed by atoms with Gasteiger partial charge in [0, 0.05) is 13.0 Å². The maximum atomic E-state index is 10.3. The third-order valence-corrected chi connectivity index (χ3v) is 2.51. The second kappa shape index (κ2) is 16.2. The first-order chi connectivity index (χ1) is 10.6. The highest BCUT2D eigenvalue weighted by atomic mass is 16.6. The van der Waals surface area contributed by atoms with Gasteiger partial charge in [0.15, 0.2) is 0 Å². The molecule has 0 aliphatic heterocycles. The molecule has 0 saturated heterocycles. The summed E-state index contributed by atoms with van der Waals surface area (Å²) in [5.74, 6) is -1.66. The summed E-state index contributed by atoms with van der Waals surface area (Å²) in [4.78, 5) is 20.5. The summed E-state index contributed by atoms with van der Waals surface area (Å²) in [5, 5.41) is 16.8. The predicted octanol–water partition coefficient (Wildman–Crippen LogP) is 0.782. The van der Waals surface area contributed by atoms with Gasteiger partial charge in [0.1, 0.15) is 0 Å². The van der Waals surface area contributed by atoms with Crippen LogP contribution in [0.15, 0.2) is 0 Å². The molecule has 0 aliphatic rings. The fourth-order valence-electron chi connectivity index (χ4n) is 1.40. The minimum absolute atomic E-state index is 0.000577. The van der Waals surface area contributed by atoms with E-state index in [1.54, 1.807) is 0 Å². The summed E-state index contributed by atoms with van der Waals surface area (Å²) in [6.45, 7) is 3.36. The molecule has 8 nitrogen and oxygen atoms in total. The van der Waals surface area contributed by atoms with E-state index < -0.39 is 11.9 Å². The lowest BCUT2D eigenvalue weighted by Gasteiger charge is -2.07. The standard InChI is InChI=1S/C14H26O8/c15-13(16)3-1-2-5-19-7-9-21-11-12-22-10-8-20-6-4-14(17)18/h1-12H2,(H,15,16)(H,17,18). The number of rotatable bonds is 17. The summed E-state index contributed by atoms with van der Waals surface area (Å²) in [5.41, 5.74) is 0. The van der Waals surface area contributed by atoms with Gasteiger partial charge in [-0.1, -0.05) is 0 Å². The summed E-state index contributed by atoms with van der Waals surface area (Å²) in [6, 6.07) is 0. The quantitative estimate of drug-likeness (QED) is 0.378. The molecule has 8 heteroatoms. The number of hydrogen-bond donors (Lipinski definition) is 2. The number of unbranched alkanes of at least 4 members (excludes halogenated alkanes) is 1. The number of aliphatic carboxylic acids is 2. The zero-order valence-electron chi connectivity index (χ0n) is 12.8. The molecule has 0 aromatic carbocycles. The molecule has 0 rings (SSSR count). The Balaban J connectivity index is 2.99. The number of carbonyl (C=O) groups is 2. The Morgan fingerprint density at radius 2 is 0.955 bits per heavy atom. The first kappa shape index (κ1) is 20.8. The van der Waals surface area contributed by atoms with Crippen LogP contribution in [0.4, 0.5) is 0 Å². The molecule has 0 radical (unpaired) electrons. The van der Waals surface area contributed by atoms with Gasteiger partial charge in [0.2, 0.25) is 0 Å². The second-order valence-corrected chi connectivity index (χ2v) is 4.44. The third-order valence-electron chi connectivity index (χ3n) is 2.51. The van der Waals surface area contributed by atoms with Crippen molar-refractivity contribution in [1.29, 1.82) is 0 Å². The van der Waals surface area contributed by atoms with Crippen LogP contribution in [-0.4, -0.2) is 75.0 Å². The fourth-order valence-corrected chi connectivity index (χ4v) is 1.40. The molecule has 130 valence electrons. The van der Waals surface area contributed by atoms with Crippen molar-refractivity contribution in [2.24, 2.45) is 0 Å². The van der Waals surface area contributed by atoms with E-state index in [0.717, 1.165) is 6.42 Å². The number of ether oxygens (including phenoxy) is 4. The topological polar surface area (TPSA) is 112 Å². The van der Waals surface area contributed by atoms with Crippen molar-refractivity contribution < 1.29 is 38.7 Å². The monoisotopic (exact) mass is 322 g/mol. The Labute approximate surface area is 130 Å². The molecule has 0 aromatic heterocycles. The Hall–Kier alpha value is -1.22. The van der Waals surface area contributed by atoms with E-state index in [9.17, 15) is 9.59 Å². The van der Waals surface area contributed by atoms with Crippen LogP contribution in [0, 0.1) is 0 Å². The molecule has 0 atom stereocenters. The summed E-state index contributed by atoms with van der Waals surface area (Å²) in [7, 11) is 0. The average Bonchev–Trinajstić information content (AvgIpc) is 2.46. The second-order valence-electron chi connectivity index (χ2n) is 4.44. The Morgan fingerprint density at radius 1 is 0.545 bits per heavy atom. The van der Waals surface area contributed by atoms with Crippen LogP contribution >= 0.6 is 0 Å². The average molecular weight is 322 g/mol. The molecular formula is C14H26O8. The van der Waals surface area contributed by atoms with Crippen molar-refractivity contribution in [1.82, 2.24) is 0 Å². The molecule has 0 fully saturated rings. The van der Waals surface area contributed by atoms with Gasteiger partial charge in [-0.2, -0.15) is 0 Å². The summed E-state index contributed by atoms with van der Waals surface area (Å²) >= 11 is 0. The molecule has 0 saturated carbocycles. The molecule has 0 aliphatic carbocycles. The minimum Gasteiger partial charge on any atom is -0.481 e. The van der Waals surface area contributed by atoms with E-state index in [4.69, 9.17) is 29.2 Å². The van der Waals surface area contributed by atoms with Gasteiger partial charge in [0.05, 0.1) is 52.7 Å². The van der Waals surface area contributed by atoms with Crippen LogP contribution in [0.25, 0.3) is 0 Å². The van der Waals surface area contributed by atoms with Gasteiger partial charge >= 0.3 is 11.9 Å². The normalized spacial score (nSPS) is 10.7. The molecule has 0 spiro atoms. The van der Waals surface area contributed by atoms with Crippen LogP contribution in [0.2, 0.25) is 0 Å². The zero-order chi connectivity index (χ0) is 16.5. The lowest BCUT2D eigenvalue weighted by atomic mass is 10.2. The van der Waals surface area contributed by atoms with Crippen LogP contribution in [0.1, 0.15) is 25.7 Å². The highest BCUT2D eigenvalue weighted by Gasteiger charge is 1.97. The summed E-state index contributed by atoms with van der Waals surface area (Å²) in [6.07, 6.45) is 1.53. The maximum absolute atomic E-state index is 10.3. The van der Waals surface area contributed by atoms with Crippen molar-refractivity contribution in [3.05, 3.63) is 0 Å². The van der Waals surface area contributed by atoms with Crippen molar-refractivity contribution in [3.63, 3.8) is 0 Å². The van der Waals surface area contributed by atoms with Crippen LogP contribution in [-0.2, 0) is 28.5 Å². The van der Waals surface area contributed by atoms with Crippen molar-refractivity contribution in [2.45, 2.75) is 25.7 Å². The SMILES string of the molecule is O=C(O)CCCCOCCOCCOCCOCCC(=O)O. The van der Waals surface area contributed by atoms with Crippen molar-refractivity contribution in [2.75, 3.05) is 52.9 Å². The fraction of sp³-hybridized carbons (Fsp3) is 0.857. The predicted molar refractivity (Wildman–Crippen MR) is 77.0 cm³/mol. The van der Waals surface area contributed by atoms with Gasteiger partial charge < -0.3 is 29.2 Å². The lowest BCUT2D eigenvalue weighted by molar-refractivity contribution is -0.139. The van der Waals surface area contributed by atoms with E-state index >= 15 is 0 Å². The van der Waals surface area contributed by atoms with Gasteiger partial charge in [0.25, 0.3) is 0 Å². The molecule has 0 bridgehead atoms. The maximum Gasteiger partial charge on any atom is 0.305 e. The van der Waals surface area contributed by atoms with Crippen molar-refractivity contribution >= 4 is 11.9 Å². The first-order valence-corrected chi connectivity index (χ1v) is 7.37. The van der Waals surface area contributed by atoms with Crippen molar-refractivity contribution in [3.8, 4) is 0 Å². The van der Waals surface area contributed by atoms with Crippen LogP contribution < -0.4 is 0 Å². The lowest BCUT2D eigenvalue weighted by Crippen LogP contribution is -2.13. The molecular weight excluding hydrogens is 296 g/mol. The van der Waals surface area contributed by atoms with E-state index in [1.807, 2.05) is 0 Å². The van der Waals surface area contributed by atoms with E-state index in [2.05, 4.69) is 0 Å².